The fourth-order valence-electron chi connectivity index (χ4n) is 2.65. The highest BCUT2D eigenvalue weighted by Gasteiger charge is 2.12. The van der Waals surface area contributed by atoms with Crippen LogP contribution in [0.25, 0.3) is 10.2 Å². The molecule has 0 saturated carbocycles. The fraction of sp³-hybridized carbons (Fsp3) is 0.316. The zero-order chi connectivity index (χ0) is 19.4. The summed E-state index contributed by atoms with van der Waals surface area (Å²) >= 11 is 4.89. The Morgan fingerprint density at radius 2 is 2.19 bits per heavy atom. The van der Waals surface area contributed by atoms with E-state index in [4.69, 9.17) is 4.74 Å². The minimum atomic E-state index is -0.139. The van der Waals surface area contributed by atoms with Crippen LogP contribution in [0.4, 0.5) is 0 Å². The molecule has 0 unspecified atom stereocenters. The van der Waals surface area contributed by atoms with Crippen molar-refractivity contribution in [3.63, 3.8) is 0 Å². The van der Waals surface area contributed by atoms with Crippen molar-refractivity contribution in [2.24, 2.45) is 0 Å². The quantitative estimate of drug-likeness (QED) is 0.540. The predicted molar refractivity (Wildman–Crippen MR) is 111 cm³/mol. The van der Waals surface area contributed by atoms with E-state index < -0.39 is 0 Å². The number of thiophene rings is 1. The second-order valence-corrected chi connectivity index (χ2v) is 8.25. The SMILES string of the molecule is Cc1sc2nc(CCC(=O)NCCOc3cccc(Br)c3)[nH]c(=O)c2c1C. The maximum Gasteiger partial charge on any atom is 0.259 e. The van der Waals surface area contributed by atoms with Crippen LogP contribution >= 0.6 is 27.3 Å². The van der Waals surface area contributed by atoms with Crippen molar-refractivity contribution in [1.29, 1.82) is 0 Å². The molecule has 0 aliphatic carbocycles. The molecule has 2 aromatic heterocycles. The average Bonchev–Trinajstić information content (AvgIpc) is 2.91. The van der Waals surface area contributed by atoms with Gasteiger partial charge < -0.3 is 15.0 Å². The van der Waals surface area contributed by atoms with E-state index in [2.05, 4.69) is 31.2 Å². The van der Waals surface area contributed by atoms with Gasteiger partial charge in [-0.15, -0.1) is 11.3 Å². The Labute approximate surface area is 169 Å². The first-order valence-corrected chi connectivity index (χ1v) is 10.2. The lowest BCUT2D eigenvalue weighted by atomic mass is 10.2. The van der Waals surface area contributed by atoms with Crippen molar-refractivity contribution in [3.05, 3.63) is 55.4 Å². The summed E-state index contributed by atoms with van der Waals surface area (Å²) in [6.07, 6.45) is 0.647. The molecule has 8 heteroatoms. The fourth-order valence-corrected chi connectivity index (χ4v) is 4.08. The number of carbonyl (C=O) groups excluding carboxylic acids is 1. The highest BCUT2D eigenvalue weighted by molar-refractivity contribution is 9.10. The average molecular weight is 450 g/mol. The molecular weight excluding hydrogens is 430 g/mol. The summed E-state index contributed by atoms with van der Waals surface area (Å²) in [5.41, 5.74) is 0.832. The number of fused-ring (bicyclic) bond motifs is 1. The molecule has 142 valence electrons. The van der Waals surface area contributed by atoms with Crippen LogP contribution in [0.3, 0.4) is 0 Å². The molecule has 2 heterocycles. The number of halogens is 1. The number of ether oxygens (including phenoxy) is 1. The van der Waals surface area contributed by atoms with E-state index in [9.17, 15) is 9.59 Å². The molecule has 0 aliphatic rings. The maximum atomic E-state index is 12.2. The van der Waals surface area contributed by atoms with Gasteiger partial charge in [-0.1, -0.05) is 22.0 Å². The molecule has 0 spiro atoms. The molecule has 0 fully saturated rings. The summed E-state index contributed by atoms with van der Waals surface area (Å²) in [5.74, 6) is 1.18. The van der Waals surface area contributed by atoms with Crippen LogP contribution in [0.5, 0.6) is 5.75 Å². The van der Waals surface area contributed by atoms with Gasteiger partial charge in [0.2, 0.25) is 5.91 Å². The number of H-pyrrole nitrogens is 1. The molecule has 6 nitrogen and oxygen atoms in total. The Hall–Kier alpha value is -2.19. The van der Waals surface area contributed by atoms with E-state index in [-0.39, 0.29) is 17.9 Å². The molecule has 0 radical (unpaired) electrons. The highest BCUT2D eigenvalue weighted by atomic mass is 79.9. The minimum Gasteiger partial charge on any atom is -0.492 e. The Morgan fingerprint density at radius 1 is 1.37 bits per heavy atom. The van der Waals surface area contributed by atoms with Gasteiger partial charge in [0.05, 0.1) is 11.9 Å². The first-order chi connectivity index (χ1) is 12.9. The third kappa shape index (κ3) is 4.95. The van der Waals surface area contributed by atoms with Crippen LogP contribution in [0, 0.1) is 13.8 Å². The van der Waals surface area contributed by atoms with Gasteiger partial charge in [-0.25, -0.2) is 4.98 Å². The number of aromatic amines is 1. The molecule has 0 bridgehead atoms. The lowest BCUT2D eigenvalue weighted by molar-refractivity contribution is -0.121. The molecule has 0 aliphatic heterocycles. The second kappa shape index (κ2) is 8.67. The standard InChI is InChI=1S/C19H20BrN3O3S/c1-11-12(2)27-19-17(11)18(25)22-15(23-19)6-7-16(24)21-8-9-26-14-5-3-4-13(20)10-14/h3-5,10H,6-9H2,1-2H3,(H,21,24)(H,22,23,25). The van der Waals surface area contributed by atoms with Crippen molar-refractivity contribution in [2.75, 3.05) is 13.2 Å². The van der Waals surface area contributed by atoms with Gasteiger partial charge in [0, 0.05) is 22.2 Å². The lowest BCUT2D eigenvalue weighted by Gasteiger charge is -2.08. The van der Waals surface area contributed by atoms with E-state index in [0.717, 1.165) is 25.5 Å². The number of aryl methyl sites for hydroxylation is 3. The normalized spacial score (nSPS) is 10.9. The van der Waals surface area contributed by atoms with E-state index >= 15 is 0 Å². The van der Waals surface area contributed by atoms with Gasteiger partial charge in [-0.3, -0.25) is 9.59 Å². The first kappa shape index (κ1) is 19.6. The Balaban J connectivity index is 1.48. The van der Waals surface area contributed by atoms with E-state index in [1.807, 2.05) is 38.1 Å². The van der Waals surface area contributed by atoms with Gasteiger partial charge in [0.1, 0.15) is 23.0 Å². The zero-order valence-corrected chi connectivity index (χ0v) is 17.5. The summed E-state index contributed by atoms with van der Waals surface area (Å²) in [7, 11) is 0. The maximum absolute atomic E-state index is 12.2. The number of nitrogens with zero attached hydrogens (tertiary/aromatic N) is 1. The number of nitrogens with one attached hydrogen (secondary N) is 2. The second-order valence-electron chi connectivity index (χ2n) is 6.13. The first-order valence-electron chi connectivity index (χ1n) is 8.58. The topological polar surface area (TPSA) is 84.1 Å². The molecule has 1 aromatic carbocycles. The van der Waals surface area contributed by atoms with Crippen molar-refractivity contribution < 1.29 is 9.53 Å². The largest absolute Gasteiger partial charge is 0.492 e. The van der Waals surface area contributed by atoms with E-state index in [0.29, 0.717) is 30.8 Å². The van der Waals surface area contributed by atoms with Crippen LogP contribution in [0.1, 0.15) is 22.7 Å². The molecule has 3 aromatic rings. The summed E-state index contributed by atoms with van der Waals surface area (Å²) in [5, 5.41) is 3.46. The molecule has 3 rings (SSSR count). The monoisotopic (exact) mass is 449 g/mol. The molecule has 27 heavy (non-hydrogen) atoms. The number of amides is 1. The van der Waals surface area contributed by atoms with E-state index in [1.54, 1.807) is 0 Å². The van der Waals surface area contributed by atoms with Crippen LogP contribution in [0.15, 0.2) is 33.5 Å². The number of aromatic nitrogens is 2. The molecule has 0 atom stereocenters. The Bertz CT molecular complexity index is 1030. The lowest BCUT2D eigenvalue weighted by Crippen LogP contribution is -2.28. The van der Waals surface area contributed by atoms with Crippen LogP contribution < -0.4 is 15.6 Å². The van der Waals surface area contributed by atoms with Gasteiger partial charge in [-0.05, 0) is 37.6 Å². The molecule has 2 N–H and O–H groups in total. The Morgan fingerprint density at radius 3 is 2.96 bits per heavy atom. The summed E-state index contributed by atoms with van der Waals surface area (Å²) < 4.78 is 6.52. The third-order valence-corrected chi connectivity index (χ3v) is 5.76. The summed E-state index contributed by atoms with van der Waals surface area (Å²) in [6, 6.07) is 7.54. The van der Waals surface area contributed by atoms with Crippen molar-refractivity contribution >= 4 is 43.4 Å². The van der Waals surface area contributed by atoms with Crippen molar-refractivity contribution in [3.8, 4) is 5.75 Å². The zero-order valence-electron chi connectivity index (χ0n) is 15.1. The van der Waals surface area contributed by atoms with Crippen molar-refractivity contribution in [1.82, 2.24) is 15.3 Å². The predicted octanol–water partition coefficient (Wildman–Crippen LogP) is 3.49. The number of carbonyl (C=O) groups is 1. The van der Waals surface area contributed by atoms with Crippen LogP contribution in [-0.4, -0.2) is 29.0 Å². The van der Waals surface area contributed by atoms with Crippen LogP contribution in [-0.2, 0) is 11.2 Å². The molecule has 1 amide bonds. The van der Waals surface area contributed by atoms with Gasteiger partial charge in [-0.2, -0.15) is 0 Å². The van der Waals surface area contributed by atoms with Gasteiger partial charge in [0.25, 0.3) is 5.56 Å². The summed E-state index contributed by atoms with van der Waals surface area (Å²) in [6.45, 7) is 4.70. The number of benzene rings is 1. The summed E-state index contributed by atoms with van der Waals surface area (Å²) in [4.78, 5) is 33.3. The van der Waals surface area contributed by atoms with Crippen LogP contribution in [0.2, 0.25) is 0 Å². The molecular formula is C19H20BrN3O3S. The smallest absolute Gasteiger partial charge is 0.259 e. The Kier molecular flexibility index (Phi) is 6.28. The minimum absolute atomic E-state index is 0.103. The van der Waals surface area contributed by atoms with Crippen molar-refractivity contribution in [2.45, 2.75) is 26.7 Å². The van der Waals surface area contributed by atoms with Gasteiger partial charge in [0.15, 0.2) is 0 Å². The number of hydrogen-bond acceptors (Lipinski definition) is 5. The van der Waals surface area contributed by atoms with E-state index in [1.165, 1.54) is 11.3 Å². The molecule has 0 saturated heterocycles. The number of rotatable bonds is 7. The highest BCUT2D eigenvalue weighted by Crippen LogP contribution is 2.25. The van der Waals surface area contributed by atoms with Gasteiger partial charge >= 0.3 is 0 Å². The number of hydrogen-bond donors (Lipinski definition) is 2. The third-order valence-electron chi connectivity index (χ3n) is 4.17.